The number of hydrogen-bond donors (Lipinski definition) is 0. The topological polar surface area (TPSA) is 31.4 Å². The highest BCUT2D eigenvalue weighted by atomic mass is 32.1. The van der Waals surface area contributed by atoms with E-state index in [1.165, 1.54) is 0 Å². The van der Waals surface area contributed by atoms with Crippen molar-refractivity contribution < 1.29 is 9.47 Å². The third kappa shape index (κ3) is 4.03. The first-order chi connectivity index (χ1) is 9.29. The van der Waals surface area contributed by atoms with Crippen LogP contribution in [0.1, 0.15) is 11.3 Å². The molecule has 2 rings (SSSR count). The number of nitrogens with zero attached hydrogens (tertiary/aromatic N) is 1. The van der Waals surface area contributed by atoms with Crippen molar-refractivity contribution in [3.8, 4) is 5.75 Å². The highest BCUT2D eigenvalue weighted by Crippen LogP contribution is 2.12. The molecule has 1 aromatic heterocycles. The maximum Gasteiger partial charge on any atom is 0.191 e. The predicted molar refractivity (Wildman–Crippen MR) is 78.6 cm³/mol. The van der Waals surface area contributed by atoms with Gasteiger partial charge >= 0.3 is 0 Å². The molecule has 0 aliphatic heterocycles. The lowest BCUT2D eigenvalue weighted by Gasteiger charge is -2.08. The van der Waals surface area contributed by atoms with Crippen LogP contribution in [0.4, 0.5) is 0 Å². The Bertz CT molecular complexity index is 526. The molecule has 0 amide bonds. The number of ether oxygens (including phenoxy) is 2. The van der Waals surface area contributed by atoms with Gasteiger partial charge in [-0.15, -0.1) is 0 Å². The van der Waals surface area contributed by atoms with Crippen LogP contribution in [0.15, 0.2) is 48.7 Å². The van der Waals surface area contributed by atoms with Crippen molar-refractivity contribution in [1.82, 2.24) is 4.98 Å². The van der Waals surface area contributed by atoms with Gasteiger partial charge < -0.3 is 9.47 Å². The molecule has 2 aromatic rings. The first-order valence-electron chi connectivity index (χ1n) is 6.00. The Balaban J connectivity index is 1.84. The number of methoxy groups -OCH3 is 1. The molecule has 0 bridgehead atoms. The fraction of sp³-hybridized carbons (Fsp3) is 0.200. The highest BCUT2D eigenvalue weighted by Gasteiger charge is 2.03. The molecule has 0 fully saturated rings. The second-order valence-electron chi connectivity index (χ2n) is 3.94. The minimum absolute atomic E-state index is 0.499. The Kier molecular flexibility index (Phi) is 4.86. The molecule has 0 aliphatic carbocycles. The number of hydrogen-bond acceptors (Lipinski definition) is 4. The number of pyridine rings is 1. The van der Waals surface area contributed by atoms with Crippen molar-refractivity contribution in [3.63, 3.8) is 0 Å². The number of rotatable bonds is 5. The normalized spacial score (nSPS) is 9.95. The molecular formula is C15H15NO2S. The van der Waals surface area contributed by atoms with Crippen molar-refractivity contribution in [2.24, 2.45) is 0 Å². The summed E-state index contributed by atoms with van der Waals surface area (Å²) < 4.78 is 10.7. The molecule has 0 saturated carbocycles. The zero-order valence-electron chi connectivity index (χ0n) is 10.7. The van der Waals surface area contributed by atoms with Crippen molar-refractivity contribution in [2.45, 2.75) is 6.42 Å². The van der Waals surface area contributed by atoms with E-state index in [4.69, 9.17) is 21.7 Å². The summed E-state index contributed by atoms with van der Waals surface area (Å²) in [4.78, 5) is 4.23. The fourth-order valence-corrected chi connectivity index (χ4v) is 1.82. The maximum atomic E-state index is 5.56. The quantitative estimate of drug-likeness (QED) is 0.784. The van der Waals surface area contributed by atoms with Gasteiger partial charge in [0.1, 0.15) is 5.75 Å². The predicted octanol–water partition coefficient (Wildman–Crippen LogP) is 3.03. The minimum Gasteiger partial charge on any atom is -0.497 e. The average molecular weight is 273 g/mol. The van der Waals surface area contributed by atoms with Crippen LogP contribution >= 0.6 is 12.2 Å². The van der Waals surface area contributed by atoms with Crippen molar-refractivity contribution in [3.05, 3.63) is 59.9 Å². The Morgan fingerprint density at radius 3 is 2.58 bits per heavy atom. The Hall–Kier alpha value is -1.94. The lowest BCUT2D eigenvalue weighted by molar-refractivity contribution is 0.317. The molecule has 0 unspecified atom stereocenters. The smallest absolute Gasteiger partial charge is 0.191 e. The molecule has 0 atom stereocenters. The second kappa shape index (κ2) is 6.85. The molecule has 0 spiro atoms. The van der Waals surface area contributed by atoms with Gasteiger partial charge in [-0.3, -0.25) is 4.98 Å². The Morgan fingerprint density at radius 2 is 1.95 bits per heavy atom. The van der Waals surface area contributed by atoms with E-state index in [0.717, 1.165) is 23.4 Å². The molecule has 3 nitrogen and oxygen atoms in total. The molecule has 0 N–H and O–H groups in total. The lowest BCUT2D eigenvalue weighted by atomic mass is 10.2. The lowest BCUT2D eigenvalue weighted by Crippen LogP contribution is -2.07. The largest absolute Gasteiger partial charge is 0.497 e. The monoisotopic (exact) mass is 273 g/mol. The average Bonchev–Trinajstić information content (AvgIpc) is 2.48. The molecular weight excluding hydrogens is 258 g/mol. The van der Waals surface area contributed by atoms with E-state index in [-0.39, 0.29) is 0 Å². The van der Waals surface area contributed by atoms with Gasteiger partial charge in [0, 0.05) is 23.9 Å². The summed E-state index contributed by atoms with van der Waals surface area (Å²) in [6, 6.07) is 13.3. The summed E-state index contributed by atoms with van der Waals surface area (Å²) in [7, 11) is 1.64. The maximum absolute atomic E-state index is 5.56. The van der Waals surface area contributed by atoms with E-state index >= 15 is 0 Å². The highest BCUT2D eigenvalue weighted by molar-refractivity contribution is 7.80. The van der Waals surface area contributed by atoms with Crippen LogP contribution in [-0.2, 0) is 11.2 Å². The third-order valence-electron chi connectivity index (χ3n) is 2.64. The van der Waals surface area contributed by atoms with Gasteiger partial charge in [-0.1, -0.05) is 6.07 Å². The summed E-state index contributed by atoms with van der Waals surface area (Å²) in [6.45, 7) is 0.530. The van der Waals surface area contributed by atoms with Crippen molar-refractivity contribution >= 4 is 17.3 Å². The van der Waals surface area contributed by atoms with Crippen LogP contribution in [0.5, 0.6) is 5.75 Å². The summed E-state index contributed by atoms with van der Waals surface area (Å²) in [5.41, 5.74) is 1.89. The van der Waals surface area contributed by atoms with E-state index in [0.29, 0.717) is 11.7 Å². The van der Waals surface area contributed by atoms with Gasteiger partial charge in [-0.2, -0.15) is 0 Å². The van der Waals surface area contributed by atoms with Crippen LogP contribution in [0.25, 0.3) is 0 Å². The van der Waals surface area contributed by atoms with Crippen LogP contribution in [0, 0.1) is 0 Å². The minimum atomic E-state index is 0.499. The van der Waals surface area contributed by atoms with Gasteiger partial charge in [0.15, 0.2) is 5.05 Å². The number of aromatic nitrogens is 1. The van der Waals surface area contributed by atoms with Gasteiger partial charge in [0.25, 0.3) is 0 Å². The molecule has 1 aromatic carbocycles. The van der Waals surface area contributed by atoms with Crippen molar-refractivity contribution in [1.29, 1.82) is 0 Å². The summed E-state index contributed by atoms with van der Waals surface area (Å²) in [5.74, 6) is 0.806. The SMILES string of the molecule is COc1ccc(C(=S)OCCc2ccccn2)cc1. The van der Waals surface area contributed by atoms with E-state index < -0.39 is 0 Å². The second-order valence-corrected chi connectivity index (χ2v) is 4.31. The van der Waals surface area contributed by atoms with Crippen LogP contribution in [0.3, 0.4) is 0 Å². The molecule has 1 heterocycles. The first kappa shape index (κ1) is 13.5. The van der Waals surface area contributed by atoms with Crippen LogP contribution in [-0.4, -0.2) is 23.8 Å². The summed E-state index contributed by atoms with van der Waals surface area (Å²) >= 11 is 5.23. The molecule has 4 heteroatoms. The molecule has 0 saturated heterocycles. The molecule has 0 radical (unpaired) electrons. The van der Waals surface area contributed by atoms with Gasteiger partial charge in [-0.25, -0.2) is 0 Å². The van der Waals surface area contributed by atoms with Gasteiger partial charge in [-0.05, 0) is 48.6 Å². The molecule has 98 valence electrons. The zero-order valence-corrected chi connectivity index (χ0v) is 11.5. The number of thiocarbonyl (C=S) groups is 1. The van der Waals surface area contributed by atoms with Gasteiger partial charge in [0.05, 0.1) is 13.7 Å². The molecule has 0 aliphatic rings. The van der Waals surface area contributed by atoms with E-state index in [9.17, 15) is 0 Å². The standard InChI is InChI=1S/C15H15NO2S/c1-17-14-7-5-12(6-8-14)15(19)18-11-9-13-4-2-3-10-16-13/h2-8,10H,9,11H2,1H3. The third-order valence-corrected chi connectivity index (χ3v) is 3.00. The van der Waals surface area contributed by atoms with E-state index in [1.54, 1.807) is 13.3 Å². The van der Waals surface area contributed by atoms with E-state index in [2.05, 4.69) is 4.98 Å². The first-order valence-corrected chi connectivity index (χ1v) is 6.41. The summed E-state index contributed by atoms with van der Waals surface area (Å²) in [5, 5.41) is 0.499. The Labute approximate surface area is 118 Å². The fourth-order valence-electron chi connectivity index (χ4n) is 1.60. The Morgan fingerprint density at radius 1 is 1.16 bits per heavy atom. The van der Waals surface area contributed by atoms with Crippen LogP contribution in [0.2, 0.25) is 0 Å². The molecule has 19 heavy (non-hydrogen) atoms. The number of benzene rings is 1. The summed E-state index contributed by atoms with van der Waals surface area (Å²) in [6.07, 6.45) is 2.52. The van der Waals surface area contributed by atoms with Gasteiger partial charge in [0.2, 0.25) is 0 Å². The van der Waals surface area contributed by atoms with Crippen molar-refractivity contribution in [2.75, 3.05) is 13.7 Å². The zero-order chi connectivity index (χ0) is 13.5. The van der Waals surface area contributed by atoms with Crippen LogP contribution < -0.4 is 4.74 Å². The van der Waals surface area contributed by atoms with E-state index in [1.807, 2.05) is 42.5 Å².